The summed E-state index contributed by atoms with van der Waals surface area (Å²) in [5.41, 5.74) is 0. The van der Waals surface area contributed by atoms with Gasteiger partial charge in [-0.1, -0.05) is 0 Å². The Kier molecular flexibility index (Phi) is 6.58. The molecule has 1 N–H and O–H groups in total. The van der Waals surface area contributed by atoms with Gasteiger partial charge in [0.05, 0.1) is 13.2 Å². The third-order valence-corrected chi connectivity index (χ3v) is 2.14. The Hall–Kier alpha value is -0.580. The van der Waals surface area contributed by atoms with Crippen LogP contribution in [-0.4, -0.2) is 31.4 Å². The van der Waals surface area contributed by atoms with Crippen molar-refractivity contribution in [2.45, 2.75) is 13.8 Å². The zero-order valence-electron chi connectivity index (χ0n) is 7.99. The fraction of sp³-hybridized carbons (Fsp3) is 0.833. The Balaban J connectivity index is 3.78. The molecular formula is C6H15N2O4P. The highest BCUT2D eigenvalue weighted by Gasteiger charge is 2.10. The molecule has 0 saturated carbocycles. The summed E-state index contributed by atoms with van der Waals surface area (Å²) in [6.45, 7) is 4.02. The average molecular weight is 210 g/mol. The predicted molar refractivity (Wildman–Crippen MR) is 48.5 cm³/mol. The summed E-state index contributed by atoms with van der Waals surface area (Å²) in [6, 6.07) is 0. The highest BCUT2D eigenvalue weighted by atomic mass is 31.1. The number of nitrogens with one attached hydrogen (secondary N) is 1. The quantitative estimate of drug-likeness (QED) is 0.541. The van der Waals surface area contributed by atoms with E-state index in [9.17, 15) is 9.36 Å². The minimum Gasteiger partial charge on any atom is -0.449 e. The lowest BCUT2D eigenvalue weighted by Gasteiger charge is -2.16. The number of carbonyl (C=O) groups excluding carboxylic acids is 1. The first-order chi connectivity index (χ1) is 6.11. The lowest BCUT2D eigenvalue weighted by molar-refractivity contribution is 0.107. The molecule has 0 aliphatic heterocycles. The predicted octanol–water partition coefficient (Wildman–Crippen LogP) is 1.01. The van der Waals surface area contributed by atoms with Crippen molar-refractivity contribution >= 4 is 14.3 Å². The maximum absolute atomic E-state index is 11.0. The Morgan fingerprint density at radius 1 is 1.46 bits per heavy atom. The van der Waals surface area contributed by atoms with Gasteiger partial charge < -0.3 is 9.26 Å². The third kappa shape index (κ3) is 5.63. The Morgan fingerprint density at radius 2 is 2.08 bits per heavy atom. The van der Waals surface area contributed by atoms with E-state index in [4.69, 9.17) is 4.52 Å². The van der Waals surface area contributed by atoms with E-state index in [1.54, 1.807) is 13.8 Å². The van der Waals surface area contributed by atoms with Crippen molar-refractivity contribution in [3.8, 4) is 0 Å². The van der Waals surface area contributed by atoms with Crippen LogP contribution in [0.4, 0.5) is 4.79 Å². The molecule has 0 aromatic carbocycles. The van der Waals surface area contributed by atoms with E-state index in [-0.39, 0.29) is 6.61 Å². The number of rotatable bonds is 5. The summed E-state index contributed by atoms with van der Waals surface area (Å²) in [5.74, 6) is 0. The molecule has 0 heterocycles. The SMILES string of the molecule is CCOC(=O)N(C)N[PH](=O)OCC. The molecule has 0 aromatic heterocycles. The van der Waals surface area contributed by atoms with Crippen molar-refractivity contribution < 1.29 is 18.6 Å². The number of hydrazine groups is 1. The molecule has 0 fully saturated rings. The van der Waals surface area contributed by atoms with Gasteiger partial charge in [-0.2, -0.15) is 5.20 Å². The van der Waals surface area contributed by atoms with Crippen LogP contribution < -0.4 is 5.20 Å². The standard InChI is InChI=1S/C6H15N2O4P/c1-4-11-6(9)8(3)7-13(10)12-5-2/h13H,4-5H2,1-3H3,(H,7,10). The third-order valence-electron chi connectivity index (χ3n) is 1.08. The van der Waals surface area contributed by atoms with Crippen LogP contribution >= 0.6 is 8.18 Å². The molecule has 6 nitrogen and oxygen atoms in total. The Labute approximate surface area is 78.1 Å². The monoisotopic (exact) mass is 210 g/mol. The first kappa shape index (κ1) is 12.4. The van der Waals surface area contributed by atoms with Gasteiger partial charge in [0.25, 0.3) is 8.18 Å². The van der Waals surface area contributed by atoms with Gasteiger partial charge in [0.1, 0.15) is 0 Å². The second kappa shape index (κ2) is 6.88. The van der Waals surface area contributed by atoms with E-state index in [2.05, 4.69) is 9.93 Å². The molecule has 0 radical (unpaired) electrons. The fourth-order valence-corrected chi connectivity index (χ4v) is 1.26. The second-order valence-corrected chi connectivity index (χ2v) is 3.18. The van der Waals surface area contributed by atoms with Crippen LogP contribution in [0.2, 0.25) is 0 Å². The van der Waals surface area contributed by atoms with Crippen LogP contribution in [0.25, 0.3) is 0 Å². The maximum Gasteiger partial charge on any atom is 0.424 e. The van der Waals surface area contributed by atoms with Crippen molar-refractivity contribution in [1.29, 1.82) is 0 Å². The minimum atomic E-state index is -2.38. The van der Waals surface area contributed by atoms with Crippen molar-refractivity contribution in [2.75, 3.05) is 20.3 Å². The van der Waals surface area contributed by atoms with Crippen molar-refractivity contribution in [3.63, 3.8) is 0 Å². The summed E-state index contributed by atoms with van der Waals surface area (Å²) in [6.07, 6.45) is -0.583. The van der Waals surface area contributed by atoms with Gasteiger partial charge in [-0.05, 0) is 13.8 Å². The zero-order valence-corrected chi connectivity index (χ0v) is 8.99. The summed E-state index contributed by atoms with van der Waals surface area (Å²) in [4.78, 5) is 10.9. The van der Waals surface area contributed by atoms with Gasteiger partial charge in [-0.3, -0.25) is 4.57 Å². The number of amides is 1. The van der Waals surface area contributed by atoms with E-state index in [0.717, 1.165) is 5.01 Å². The van der Waals surface area contributed by atoms with Gasteiger partial charge in [-0.25, -0.2) is 9.80 Å². The topological polar surface area (TPSA) is 67.9 Å². The highest BCUT2D eigenvalue weighted by Crippen LogP contribution is 2.15. The Morgan fingerprint density at radius 3 is 2.54 bits per heavy atom. The molecule has 0 aliphatic rings. The van der Waals surface area contributed by atoms with E-state index >= 15 is 0 Å². The number of hydrogen-bond donors (Lipinski definition) is 1. The number of hydrogen-bond acceptors (Lipinski definition) is 4. The normalized spacial score (nSPS) is 12.2. The molecule has 1 amide bonds. The van der Waals surface area contributed by atoms with E-state index in [0.29, 0.717) is 6.61 Å². The summed E-state index contributed by atoms with van der Waals surface area (Å²) < 4.78 is 20.3. The van der Waals surface area contributed by atoms with Crippen molar-refractivity contribution in [2.24, 2.45) is 0 Å². The largest absolute Gasteiger partial charge is 0.449 e. The molecule has 78 valence electrons. The van der Waals surface area contributed by atoms with Gasteiger partial charge in [-0.15, -0.1) is 0 Å². The molecule has 13 heavy (non-hydrogen) atoms. The molecule has 0 aliphatic carbocycles. The number of nitrogens with zero attached hydrogens (tertiary/aromatic N) is 1. The first-order valence-corrected chi connectivity index (χ1v) is 5.27. The molecule has 1 unspecified atom stereocenters. The fourth-order valence-electron chi connectivity index (χ4n) is 0.566. The van der Waals surface area contributed by atoms with Crippen LogP contribution in [0.1, 0.15) is 13.8 Å². The van der Waals surface area contributed by atoms with Gasteiger partial charge in [0, 0.05) is 7.05 Å². The lowest BCUT2D eigenvalue weighted by atomic mass is 10.9. The van der Waals surface area contributed by atoms with Crippen LogP contribution in [0, 0.1) is 0 Å². The van der Waals surface area contributed by atoms with E-state index in [1.165, 1.54) is 7.05 Å². The lowest BCUT2D eigenvalue weighted by Crippen LogP contribution is -2.35. The number of carbonyl (C=O) groups is 1. The van der Waals surface area contributed by atoms with Gasteiger partial charge >= 0.3 is 6.09 Å². The molecule has 1 atom stereocenters. The molecule has 0 saturated heterocycles. The zero-order chi connectivity index (χ0) is 10.3. The first-order valence-electron chi connectivity index (χ1n) is 3.95. The molecule has 0 aromatic rings. The number of ether oxygens (including phenoxy) is 1. The highest BCUT2D eigenvalue weighted by molar-refractivity contribution is 7.36. The van der Waals surface area contributed by atoms with Gasteiger partial charge in [0.2, 0.25) is 0 Å². The molecule has 0 rings (SSSR count). The second-order valence-electron chi connectivity index (χ2n) is 2.09. The molecular weight excluding hydrogens is 195 g/mol. The van der Waals surface area contributed by atoms with Gasteiger partial charge in [0.15, 0.2) is 0 Å². The maximum atomic E-state index is 11.0. The Bertz CT molecular complexity index is 187. The average Bonchev–Trinajstić information content (AvgIpc) is 2.05. The van der Waals surface area contributed by atoms with Crippen LogP contribution in [0.15, 0.2) is 0 Å². The molecule has 0 bridgehead atoms. The minimum absolute atomic E-state index is 0.278. The van der Waals surface area contributed by atoms with Crippen LogP contribution in [0.5, 0.6) is 0 Å². The summed E-state index contributed by atoms with van der Waals surface area (Å²) in [7, 11) is -0.961. The summed E-state index contributed by atoms with van der Waals surface area (Å²) >= 11 is 0. The van der Waals surface area contributed by atoms with E-state index in [1.807, 2.05) is 0 Å². The van der Waals surface area contributed by atoms with Crippen molar-refractivity contribution in [1.82, 2.24) is 10.2 Å². The molecule has 0 spiro atoms. The molecule has 7 heteroatoms. The van der Waals surface area contributed by atoms with Crippen LogP contribution in [0.3, 0.4) is 0 Å². The van der Waals surface area contributed by atoms with Crippen LogP contribution in [-0.2, 0) is 13.8 Å². The summed E-state index contributed by atoms with van der Waals surface area (Å²) in [5, 5.41) is 3.35. The smallest absolute Gasteiger partial charge is 0.424 e. The van der Waals surface area contributed by atoms with Crippen molar-refractivity contribution in [3.05, 3.63) is 0 Å². The van der Waals surface area contributed by atoms with E-state index < -0.39 is 14.3 Å².